The maximum absolute atomic E-state index is 12.3. The lowest BCUT2D eigenvalue weighted by Crippen LogP contribution is -2.32. The molecule has 0 aromatic heterocycles. The second-order valence-electron chi connectivity index (χ2n) is 6.48. The molecule has 0 aromatic carbocycles. The molecule has 0 radical (unpaired) electrons. The minimum absolute atomic E-state index is 0.405. The van der Waals surface area contributed by atoms with Gasteiger partial charge in [-0.2, -0.15) is 0 Å². The molecule has 0 aromatic rings. The van der Waals surface area contributed by atoms with Gasteiger partial charge >= 0.3 is 0 Å². The van der Waals surface area contributed by atoms with Gasteiger partial charge in [-0.05, 0) is 31.6 Å². The van der Waals surface area contributed by atoms with Crippen LogP contribution in [0, 0.1) is 5.92 Å². The Labute approximate surface area is 126 Å². The van der Waals surface area contributed by atoms with Crippen molar-refractivity contribution in [1.29, 1.82) is 0 Å². The molecule has 0 saturated heterocycles. The largest absolute Gasteiger partial charge is 0.343 e. The van der Waals surface area contributed by atoms with Gasteiger partial charge in [0, 0.05) is 19.5 Å². The molecule has 1 amide bonds. The van der Waals surface area contributed by atoms with Crippen LogP contribution in [0.2, 0.25) is 0 Å². The van der Waals surface area contributed by atoms with Gasteiger partial charge in [0.1, 0.15) is 0 Å². The van der Waals surface area contributed by atoms with Crippen molar-refractivity contribution in [2.24, 2.45) is 5.92 Å². The van der Waals surface area contributed by atoms with Crippen LogP contribution in [-0.2, 0) is 4.79 Å². The summed E-state index contributed by atoms with van der Waals surface area (Å²) in [6.45, 7) is 6.34. The molecule has 0 atom stereocenters. The van der Waals surface area contributed by atoms with E-state index in [0.717, 1.165) is 44.7 Å². The van der Waals surface area contributed by atoms with E-state index in [1.54, 1.807) is 0 Å². The van der Waals surface area contributed by atoms with E-state index in [-0.39, 0.29) is 0 Å². The fourth-order valence-electron chi connectivity index (χ4n) is 3.24. The zero-order valence-electron chi connectivity index (χ0n) is 13.8. The highest BCUT2D eigenvalue weighted by Crippen LogP contribution is 2.27. The third kappa shape index (κ3) is 7.31. The lowest BCUT2D eigenvalue weighted by atomic mass is 9.86. The van der Waals surface area contributed by atoms with E-state index in [4.69, 9.17) is 0 Å². The predicted molar refractivity (Wildman–Crippen MR) is 86.8 cm³/mol. The van der Waals surface area contributed by atoms with Crippen LogP contribution in [0.3, 0.4) is 0 Å². The Hall–Kier alpha value is -0.530. The van der Waals surface area contributed by atoms with Crippen LogP contribution >= 0.6 is 0 Å². The first kappa shape index (κ1) is 17.5. The Bertz CT molecular complexity index is 238. The normalized spacial score (nSPS) is 16.3. The third-order valence-electron chi connectivity index (χ3n) is 4.64. The molecule has 0 aliphatic heterocycles. The zero-order chi connectivity index (χ0) is 14.6. The standard InChI is InChI=1S/C18H35NO/c1-3-5-15-19(16-6-4-2)18(20)14-10-13-17-11-8-7-9-12-17/h17H,3-16H2,1-2H3. The van der Waals surface area contributed by atoms with Crippen LogP contribution in [0.25, 0.3) is 0 Å². The summed E-state index contributed by atoms with van der Waals surface area (Å²) >= 11 is 0. The van der Waals surface area contributed by atoms with Crippen molar-refractivity contribution in [3.05, 3.63) is 0 Å². The molecule has 118 valence electrons. The van der Waals surface area contributed by atoms with E-state index >= 15 is 0 Å². The second kappa shape index (κ2) is 11.2. The molecule has 1 saturated carbocycles. The summed E-state index contributed by atoms with van der Waals surface area (Å²) in [4.78, 5) is 14.4. The molecule has 0 heterocycles. The lowest BCUT2D eigenvalue weighted by Gasteiger charge is -2.24. The Morgan fingerprint density at radius 3 is 2.10 bits per heavy atom. The quantitative estimate of drug-likeness (QED) is 0.541. The first-order chi connectivity index (χ1) is 9.77. The molecule has 20 heavy (non-hydrogen) atoms. The Kier molecular flexibility index (Phi) is 9.78. The maximum atomic E-state index is 12.3. The van der Waals surface area contributed by atoms with E-state index in [1.165, 1.54) is 51.4 Å². The smallest absolute Gasteiger partial charge is 0.222 e. The summed E-state index contributed by atoms with van der Waals surface area (Å²) in [5.41, 5.74) is 0. The van der Waals surface area contributed by atoms with Crippen LogP contribution in [-0.4, -0.2) is 23.9 Å². The minimum Gasteiger partial charge on any atom is -0.343 e. The van der Waals surface area contributed by atoms with Gasteiger partial charge < -0.3 is 4.90 Å². The molecular weight excluding hydrogens is 246 g/mol. The van der Waals surface area contributed by atoms with Crippen molar-refractivity contribution in [2.75, 3.05) is 13.1 Å². The van der Waals surface area contributed by atoms with Crippen molar-refractivity contribution in [3.8, 4) is 0 Å². The van der Waals surface area contributed by atoms with Crippen LogP contribution in [0.15, 0.2) is 0 Å². The Balaban J connectivity index is 2.21. The number of carbonyl (C=O) groups is 1. The molecule has 0 bridgehead atoms. The minimum atomic E-state index is 0.405. The van der Waals surface area contributed by atoms with E-state index in [1.807, 2.05) is 0 Å². The number of rotatable bonds is 10. The van der Waals surface area contributed by atoms with Gasteiger partial charge in [-0.3, -0.25) is 4.79 Å². The van der Waals surface area contributed by atoms with Gasteiger partial charge in [0.15, 0.2) is 0 Å². The average molecular weight is 281 g/mol. The predicted octanol–water partition coefficient (Wildman–Crippen LogP) is 5.17. The van der Waals surface area contributed by atoms with E-state index < -0.39 is 0 Å². The SMILES string of the molecule is CCCCN(CCCC)C(=O)CCCC1CCCCC1. The summed E-state index contributed by atoms with van der Waals surface area (Å²) in [7, 11) is 0. The number of unbranched alkanes of at least 4 members (excludes halogenated alkanes) is 2. The summed E-state index contributed by atoms with van der Waals surface area (Å²) in [6.07, 6.45) is 14.9. The Morgan fingerprint density at radius 2 is 1.55 bits per heavy atom. The van der Waals surface area contributed by atoms with E-state index in [0.29, 0.717) is 5.91 Å². The highest BCUT2D eigenvalue weighted by atomic mass is 16.2. The lowest BCUT2D eigenvalue weighted by molar-refractivity contribution is -0.131. The topological polar surface area (TPSA) is 20.3 Å². The summed E-state index contributed by atoms with van der Waals surface area (Å²) in [6, 6.07) is 0. The van der Waals surface area contributed by atoms with Crippen LogP contribution < -0.4 is 0 Å². The van der Waals surface area contributed by atoms with Crippen LogP contribution in [0.1, 0.15) is 90.9 Å². The van der Waals surface area contributed by atoms with Crippen molar-refractivity contribution < 1.29 is 4.79 Å². The molecule has 2 heteroatoms. The second-order valence-corrected chi connectivity index (χ2v) is 6.48. The molecule has 1 aliphatic rings. The van der Waals surface area contributed by atoms with Crippen molar-refractivity contribution in [1.82, 2.24) is 4.90 Å². The number of carbonyl (C=O) groups excluding carboxylic acids is 1. The number of hydrogen-bond acceptors (Lipinski definition) is 1. The van der Waals surface area contributed by atoms with Crippen molar-refractivity contribution in [2.45, 2.75) is 90.9 Å². The molecule has 1 fully saturated rings. The molecule has 2 nitrogen and oxygen atoms in total. The first-order valence-electron chi connectivity index (χ1n) is 9.05. The van der Waals surface area contributed by atoms with Gasteiger partial charge in [0.05, 0.1) is 0 Å². The van der Waals surface area contributed by atoms with Gasteiger partial charge in [-0.25, -0.2) is 0 Å². The summed E-state index contributed by atoms with van der Waals surface area (Å²) in [5.74, 6) is 1.32. The fourth-order valence-corrected chi connectivity index (χ4v) is 3.24. The van der Waals surface area contributed by atoms with Crippen molar-refractivity contribution >= 4 is 5.91 Å². The van der Waals surface area contributed by atoms with E-state index in [2.05, 4.69) is 18.7 Å². The average Bonchev–Trinajstić information content (AvgIpc) is 2.48. The third-order valence-corrected chi connectivity index (χ3v) is 4.64. The highest BCUT2D eigenvalue weighted by molar-refractivity contribution is 5.76. The number of nitrogens with zero attached hydrogens (tertiary/aromatic N) is 1. The number of amides is 1. The van der Waals surface area contributed by atoms with Crippen molar-refractivity contribution in [3.63, 3.8) is 0 Å². The van der Waals surface area contributed by atoms with Crippen LogP contribution in [0.5, 0.6) is 0 Å². The molecule has 1 aliphatic carbocycles. The highest BCUT2D eigenvalue weighted by Gasteiger charge is 2.16. The molecule has 0 spiro atoms. The summed E-state index contributed by atoms with van der Waals surface area (Å²) in [5, 5.41) is 0. The molecular formula is C18H35NO. The monoisotopic (exact) mass is 281 g/mol. The van der Waals surface area contributed by atoms with Gasteiger partial charge in [-0.1, -0.05) is 58.8 Å². The fraction of sp³-hybridized carbons (Fsp3) is 0.944. The summed E-state index contributed by atoms with van der Waals surface area (Å²) < 4.78 is 0. The van der Waals surface area contributed by atoms with E-state index in [9.17, 15) is 4.79 Å². The zero-order valence-corrected chi connectivity index (χ0v) is 13.8. The maximum Gasteiger partial charge on any atom is 0.222 e. The van der Waals surface area contributed by atoms with Gasteiger partial charge in [0.25, 0.3) is 0 Å². The Morgan fingerprint density at radius 1 is 0.950 bits per heavy atom. The van der Waals surface area contributed by atoms with Crippen LogP contribution in [0.4, 0.5) is 0 Å². The first-order valence-corrected chi connectivity index (χ1v) is 9.05. The molecule has 0 unspecified atom stereocenters. The number of hydrogen-bond donors (Lipinski definition) is 0. The van der Waals surface area contributed by atoms with Gasteiger partial charge in [0.2, 0.25) is 5.91 Å². The molecule has 0 N–H and O–H groups in total. The molecule has 1 rings (SSSR count). The van der Waals surface area contributed by atoms with Gasteiger partial charge in [-0.15, -0.1) is 0 Å².